The maximum Gasteiger partial charge on any atom is 0.192 e. The molecule has 1 fully saturated rings. The van der Waals surface area contributed by atoms with E-state index in [1.54, 1.807) is 12.4 Å². The fourth-order valence-electron chi connectivity index (χ4n) is 2.37. The van der Waals surface area contributed by atoms with Gasteiger partial charge in [0.2, 0.25) is 0 Å². The smallest absolute Gasteiger partial charge is 0.192 e. The number of nitrogens with two attached hydrogens (primary N) is 1. The summed E-state index contributed by atoms with van der Waals surface area (Å²) < 4.78 is 0. The van der Waals surface area contributed by atoms with Crippen molar-refractivity contribution in [3.05, 3.63) is 18.1 Å². The fraction of sp³-hybridized carbons (Fsp3) is 0.583. The number of rotatable bonds is 2. The van der Waals surface area contributed by atoms with Crippen LogP contribution < -0.4 is 10.6 Å². The number of hydrogen-bond donors (Lipinski definition) is 2. The summed E-state index contributed by atoms with van der Waals surface area (Å²) >= 11 is 0. The molecule has 0 spiro atoms. The van der Waals surface area contributed by atoms with Crippen molar-refractivity contribution >= 4 is 11.7 Å². The lowest BCUT2D eigenvalue weighted by Gasteiger charge is -2.43. The first-order valence-corrected chi connectivity index (χ1v) is 6.30. The van der Waals surface area contributed by atoms with Gasteiger partial charge in [0.05, 0.1) is 0 Å². The van der Waals surface area contributed by atoms with Gasteiger partial charge < -0.3 is 15.8 Å². The molecule has 19 heavy (non-hydrogen) atoms. The van der Waals surface area contributed by atoms with E-state index in [2.05, 4.69) is 45.8 Å². The summed E-state index contributed by atoms with van der Waals surface area (Å²) in [6.45, 7) is 6.01. The zero-order valence-electron chi connectivity index (χ0n) is 11.5. The van der Waals surface area contributed by atoms with Gasteiger partial charge in [-0.25, -0.2) is 9.97 Å². The first kappa shape index (κ1) is 13.5. The predicted molar refractivity (Wildman–Crippen MR) is 73.4 cm³/mol. The van der Waals surface area contributed by atoms with Crippen LogP contribution in [0.15, 0.2) is 17.5 Å². The number of oxime groups is 1. The Morgan fingerprint density at radius 1 is 1.32 bits per heavy atom. The van der Waals surface area contributed by atoms with Gasteiger partial charge in [-0.3, -0.25) is 4.90 Å². The Morgan fingerprint density at radius 2 is 1.89 bits per heavy atom. The molecule has 0 amide bonds. The van der Waals surface area contributed by atoms with E-state index in [4.69, 9.17) is 10.9 Å². The molecule has 1 aromatic rings. The van der Waals surface area contributed by atoms with Crippen LogP contribution in [0.2, 0.25) is 0 Å². The zero-order chi connectivity index (χ0) is 14.0. The lowest BCUT2D eigenvalue weighted by molar-refractivity contribution is 0.169. The van der Waals surface area contributed by atoms with E-state index in [0.29, 0.717) is 23.6 Å². The fourth-order valence-corrected chi connectivity index (χ4v) is 2.37. The van der Waals surface area contributed by atoms with Gasteiger partial charge in [0.15, 0.2) is 17.3 Å². The molecule has 104 valence electrons. The highest BCUT2D eigenvalue weighted by atomic mass is 16.4. The van der Waals surface area contributed by atoms with E-state index >= 15 is 0 Å². The largest absolute Gasteiger partial charge is 0.409 e. The summed E-state index contributed by atoms with van der Waals surface area (Å²) in [5.74, 6) is 0.659. The molecule has 0 saturated carbocycles. The SMILES string of the molecule is CC1CN(c2nccnc2C(N)=NO)CC(C)N1C. The van der Waals surface area contributed by atoms with Gasteiger partial charge in [-0.2, -0.15) is 0 Å². The van der Waals surface area contributed by atoms with E-state index in [-0.39, 0.29) is 5.84 Å². The Labute approximate surface area is 112 Å². The molecule has 2 unspecified atom stereocenters. The molecule has 0 aliphatic carbocycles. The summed E-state index contributed by atoms with van der Waals surface area (Å²) in [4.78, 5) is 13.0. The molecule has 1 aliphatic heterocycles. The van der Waals surface area contributed by atoms with Crippen molar-refractivity contribution in [2.75, 3.05) is 25.0 Å². The van der Waals surface area contributed by atoms with Crippen LogP contribution in [0.1, 0.15) is 19.5 Å². The van der Waals surface area contributed by atoms with Crippen LogP contribution in [0.25, 0.3) is 0 Å². The van der Waals surface area contributed by atoms with Crippen LogP contribution in [0.5, 0.6) is 0 Å². The molecular weight excluding hydrogens is 244 g/mol. The standard InChI is InChI=1S/C12H20N6O/c1-8-6-18(7-9(2)17(8)3)12-10(11(13)16-19)14-4-5-15-12/h4-5,8-9,19H,6-7H2,1-3H3,(H2,13,16). The number of amidine groups is 1. The molecular formula is C12H20N6O. The minimum Gasteiger partial charge on any atom is -0.409 e. The first-order chi connectivity index (χ1) is 9.04. The molecule has 1 aliphatic rings. The van der Waals surface area contributed by atoms with Crippen molar-refractivity contribution in [3.8, 4) is 0 Å². The predicted octanol–water partition coefficient (Wildman–Crippen LogP) is 0.0999. The van der Waals surface area contributed by atoms with Crippen molar-refractivity contribution < 1.29 is 5.21 Å². The number of hydrogen-bond acceptors (Lipinski definition) is 6. The summed E-state index contributed by atoms with van der Waals surface area (Å²) in [6, 6.07) is 0.816. The third kappa shape index (κ3) is 2.60. The number of aromatic nitrogens is 2. The Hall–Kier alpha value is -1.89. The van der Waals surface area contributed by atoms with Crippen molar-refractivity contribution in [2.45, 2.75) is 25.9 Å². The van der Waals surface area contributed by atoms with Gasteiger partial charge >= 0.3 is 0 Å². The molecule has 2 heterocycles. The molecule has 0 radical (unpaired) electrons. The van der Waals surface area contributed by atoms with E-state index in [1.165, 1.54) is 0 Å². The number of nitrogens with zero attached hydrogens (tertiary/aromatic N) is 5. The normalized spacial score (nSPS) is 25.6. The van der Waals surface area contributed by atoms with Gasteiger partial charge in [0.1, 0.15) is 0 Å². The molecule has 3 N–H and O–H groups in total. The topological polar surface area (TPSA) is 90.9 Å². The molecule has 2 rings (SSSR count). The molecule has 2 atom stereocenters. The van der Waals surface area contributed by atoms with Crippen LogP contribution in [-0.2, 0) is 0 Å². The van der Waals surface area contributed by atoms with Gasteiger partial charge in [-0.1, -0.05) is 5.16 Å². The minimum atomic E-state index is -0.0117. The highest BCUT2D eigenvalue weighted by Crippen LogP contribution is 2.21. The van der Waals surface area contributed by atoms with E-state index in [0.717, 1.165) is 13.1 Å². The summed E-state index contributed by atoms with van der Waals surface area (Å²) in [5, 5.41) is 11.8. The average Bonchev–Trinajstić information content (AvgIpc) is 2.43. The highest BCUT2D eigenvalue weighted by molar-refractivity contribution is 5.99. The van der Waals surface area contributed by atoms with E-state index in [9.17, 15) is 0 Å². The van der Waals surface area contributed by atoms with Gasteiger partial charge in [0.25, 0.3) is 0 Å². The summed E-state index contributed by atoms with van der Waals surface area (Å²) in [5.41, 5.74) is 6.08. The average molecular weight is 264 g/mol. The van der Waals surface area contributed by atoms with Crippen molar-refractivity contribution in [3.63, 3.8) is 0 Å². The maximum atomic E-state index is 8.83. The minimum absolute atomic E-state index is 0.0117. The van der Waals surface area contributed by atoms with E-state index < -0.39 is 0 Å². The summed E-state index contributed by atoms with van der Waals surface area (Å²) in [6.07, 6.45) is 3.16. The highest BCUT2D eigenvalue weighted by Gasteiger charge is 2.29. The Balaban J connectivity index is 2.32. The second-order valence-electron chi connectivity index (χ2n) is 4.98. The maximum absolute atomic E-state index is 8.83. The third-order valence-corrected chi connectivity index (χ3v) is 3.69. The molecule has 1 aromatic heterocycles. The summed E-state index contributed by atoms with van der Waals surface area (Å²) in [7, 11) is 2.12. The van der Waals surface area contributed by atoms with Gasteiger partial charge in [0, 0.05) is 37.6 Å². The van der Waals surface area contributed by atoms with Crippen molar-refractivity contribution in [1.82, 2.24) is 14.9 Å². The van der Waals surface area contributed by atoms with Crippen LogP contribution in [0.3, 0.4) is 0 Å². The Bertz CT molecular complexity index is 465. The number of piperazine rings is 1. The molecule has 7 nitrogen and oxygen atoms in total. The van der Waals surface area contributed by atoms with E-state index in [1.807, 2.05) is 0 Å². The van der Waals surface area contributed by atoms with Crippen molar-refractivity contribution in [2.24, 2.45) is 10.9 Å². The van der Waals surface area contributed by atoms with Crippen LogP contribution >= 0.6 is 0 Å². The van der Waals surface area contributed by atoms with Gasteiger partial charge in [-0.15, -0.1) is 0 Å². The second-order valence-corrected chi connectivity index (χ2v) is 4.98. The zero-order valence-corrected chi connectivity index (χ0v) is 11.5. The molecule has 0 aromatic carbocycles. The van der Waals surface area contributed by atoms with Crippen LogP contribution in [-0.4, -0.2) is 58.1 Å². The quantitative estimate of drug-likeness (QED) is 0.341. The van der Waals surface area contributed by atoms with Crippen LogP contribution in [0, 0.1) is 0 Å². The second kappa shape index (κ2) is 5.40. The molecule has 1 saturated heterocycles. The lowest BCUT2D eigenvalue weighted by Crippen LogP contribution is -2.55. The Morgan fingerprint density at radius 3 is 2.47 bits per heavy atom. The first-order valence-electron chi connectivity index (χ1n) is 6.30. The third-order valence-electron chi connectivity index (χ3n) is 3.69. The van der Waals surface area contributed by atoms with Crippen molar-refractivity contribution in [1.29, 1.82) is 0 Å². The lowest BCUT2D eigenvalue weighted by atomic mass is 10.1. The molecule has 7 heteroatoms. The Kier molecular flexibility index (Phi) is 3.84. The molecule has 0 bridgehead atoms. The van der Waals surface area contributed by atoms with Crippen LogP contribution in [0.4, 0.5) is 5.82 Å². The number of likely N-dealkylation sites (N-methyl/N-ethyl adjacent to an activating group) is 1. The number of anilines is 1. The van der Waals surface area contributed by atoms with Gasteiger partial charge in [-0.05, 0) is 20.9 Å². The monoisotopic (exact) mass is 264 g/mol.